The van der Waals surface area contributed by atoms with Gasteiger partial charge in [0.05, 0.1) is 28.5 Å². The van der Waals surface area contributed by atoms with Gasteiger partial charge in [0, 0.05) is 66.4 Å². The summed E-state index contributed by atoms with van der Waals surface area (Å²) in [5.41, 5.74) is 5.15. The van der Waals surface area contributed by atoms with Crippen LogP contribution >= 0.6 is 0 Å². The first-order chi connectivity index (χ1) is 20.5. The van der Waals surface area contributed by atoms with Crippen molar-refractivity contribution in [1.82, 2.24) is 34.7 Å². The minimum atomic E-state index is -0.625. The van der Waals surface area contributed by atoms with Crippen molar-refractivity contribution >= 4 is 22.2 Å². The molecule has 0 amide bonds. The Balaban J connectivity index is 1.28. The number of aromatic nitrogens is 6. The maximum absolute atomic E-state index is 16.0. The van der Waals surface area contributed by atoms with Gasteiger partial charge in [0.1, 0.15) is 17.3 Å². The number of likely N-dealkylation sites (tertiary alicyclic amines) is 1. The lowest BCUT2D eigenvalue weighted by molar-refractivity contribution is 0.191. The van der Waals surface area contributed by atoms with Crippen LogP contribution < -0.4 is 4.90 Å². The van der Waals surface area contributed by atoms with Crippen molar-refractivity contribution in [2.45, 2.75) is 38.4 Å². The first-order valence-electron chi connectivity index (χ1n) is 14.2. The number of nitrogens with one attached hydrogen (secondary N) is 1. The summed E-state index contributed by atoms with van der Waals surface area (Å²) < 4.78 is 33.5. The highest BCUT2D eigenvalue weighted by atomic mass is 19.1. The normalized spacial score (nSPS) is 18.7. The van der Waals surface area contributed by atoms with E-state index in [-0.39, 0.29) is 17.3 Å². The quantitative estimate of drug-likeness (QED) is 0.280. The average Bonchev–Trinajstić information content (AvgIpc) is 3.79. The topological polar surface area (TPSA) is 78.2 Å². The fourth-order valence-corrected chi connectivity index (χ4v) is 6.90. The Bertz CT molecular complexity index is 1940. The van der Waals surface area contributed by atoms with Gasteiger partial charge in [0.25, 0.3) is 0 Å². The van der Waals surface area contributed by atoms with Crippen molar-refractivity contribution in [3.8, 4) is 33.6 Å². The molecular formula is C32H28F2N8. The SMILES string of the molecule is CC(C)N1C[C@@H]2C[C@H]1CN2c1cc(F)c(-c2ccnc3c(-c4cccc5[nH]ncc45)c(-c4ccncc4)nn23)c(F)c1. The summed E-state index contributed by atoms with van der Waals surface area (Å²) in [6.45, 7) is 6.09. The van der Waals surface area contributed by atoms with Gasteiger partial charge < -0.3 is 4.90 Å². The van der Waals surface area contributed by atoms with Gasteiger partial charge in [-0.05, 0) is 62.2 Å². The fraction of sp³-hybridized carbons (Fsp3) is 0.250. The summed E-state index contributed by atoms with van der Waals surface area (Å²) in [5.74, 6) is -1.25. The first kappa shape index (κ1) is 25.0. The molecule has 2 atom stereocenters. The molecule has 2 fully saturated rings. The highest BCUT2D eigenvalue weighted by molar-refractivity contribution is 6.02. The molecule has 0 radical (unpaired) electrons. The van der Waals surface area contributed by atoms with Gasteiger partial charge in [-0.1, -0.05) is 12.1 Å². The number of piperazine rings is 1. The molecular weight excluding hydrogens is 534 g/mol. The molecule has 6 aromatic rings. The maximum atomic E-state index is 16.0. The molecule has 1 N–H and O–H groups in total. The molecule has 10 heteroatoms. The van der Waals surface area contributed by atoms with Gasteiger partial charge in [-0.15, -0.1) is 0 Å². The zero-order valence-electron chi connectivity index (χ0n) is 23.2. The smallest absolute Gasteiger partial charge is 0.164 e. The molecule has 2 aliphatic heterocycles. The van der Waals surface area contributed by atoms with Gasteiger partial charge >= 0.3 is 0 Å². The summed E-state index contributed by atoms with van der Waals surface area (Å²) >= 11 is 0. The Hall–Kier alpha value is -4.70. The molecule has 2 bridgehead atoms. The van der Waals surface area contributed by atoms with Crippen LogP contribution in [0.2, 0.25) is 0 Å². The van der Waals surface area contributed by atoms with Crippen LogP contribution in [0.5, 0.6) is 0 Å². The molecule has 42 heavy (non-hydrogen) atoms. The number of halogens is 2. The number of hydrogen-bond donors (Lipinski definition) is 1. The zero-order chi connectivity index (χ0) is 28.5. The summed E-state index contributed by atoms with van der Waals surface area (Å²) in [5, 5.41) is 13.0. The van der Waals surface area contributed by atoms with Crippen LogP contribution in [0.1, 0.15) is 20.3 Å². The average molecular weight is 563 g/mol. The van der Waals surface area contributed by atoms with Crippen molar-refractivity contribution in [1.29, 1.82) is 0 Å². The van der Waals surface area contributed by atoms with E-state index in [0.29, 0.717) is 29.1 Å². The molecule has 6 heterocycles. The van der Waals surface area contributed by atoms with E-state index in [1.165, 1.54) is 12.1 Å². The Morgan fingerprint density at radius 1 is 0.929 bits per heavy atom. The van der Waals surface area contributed by atoms with Crippen molar-refractivity contribution in [3.63, 3.8) is 0 Å². The highest BCUT2D eigenvalue weighted by Crippen LogP contribution is 2.41. The first-order valence-corrected chi connectivity index (χ1v) is 14.2. The number of aromatic amines is 1. The van der Waals surface area contributed by atoms with Crippen molar-refractivity contribution in [2.24, 2.45) is 0 Å². The Kier molecular flexibility index (Phi) is 5.62. The minimum Gasteiger partial charge on any atom is -0.365 e. The second-order valence-electron chi connectivity index (χ2n) is 11.4. The Labute approximate surface area is 240 Å². The predicted molar refractivity (Wildman–Crippen MR) is 158 cm³/mol. The Morgan fingerprint density at radius 2 is 1.74 bits per heavy atom. The van der Waals surface area contributed by atoms with E-state index < -0.39 is 11.6 Å². The summed E-state index contributed by atoms with van der Waals surface area (Å²) in [6, 6.07) is 15.3. The third kappa shape index (κ3) is 3.75. The van der Waals surface area contributed by atoms with Gasteiger partial charge in [-0.3, -0.25) is 15.0 Å². The predicted octanol–water partition coefficient (Wildman–Crippen LogP) is 5.95. The third-order valence-electron chi connectivity index (χ3n) is 8.79. The number of fused-ring (bicyclic) bond motifs is 4. The van der Waals surface area contributed by atoms with Crippen LogP contribution in [-0.2, 0) is 0 Å². The standard InChI is InChI=1S/C32H28F2N8/c1-18(2)40-16-22-12-21(40)17-41(22)20-13-25(33)30(26(34)14-20)28-8-11-36-32-29(23-4-3-5-27-24(23)15-37-38-27)31(39-42(28)32)19-6-9-35-10-7-19/h3-11,13-15,18,21-22H,12,16-17H2,1-2H3,(H,37,38)/t21-,22-/m0/s1. The van der Waals surface area contributed by atoms with Gasteiger partial charge in [-0.2, -0.15) is 10.2 Å². The number of anilines is 1. The van der Waals surface area contributed by atoms with E-state index in [1.807, 2.05) is 30.3 Å². The maximum Gasteiger partial charge on any atom is 0.164 e. The number of rotatable bonds is 5. The largest absolute Gasteiger partial charge is 0.365 e. The van der Waals surface area contributed by atoms with Crippen LogP contribution in [0.15, 0.2) is 73.3 Å². The molecule has 2 saturated heterocycles. The molecule has 0 aliphatic carbocycles. The number of benzene rings is 2. The summed E-state index contributed by atoms with van der Waals surface area (Å²) in [4.78, 5) is 13.5. The zero-order valence-corrected chi connectivity index (χ0v) is 23.2. The van der Waals surface area contributed by atoms with E-state index >= 15 is 8.78 Å². The van der Waals surface area contributed by atoms with Gasteiger partial charge in [-0.25, -0.2) is 18.3 Å². The fourth-order valence-electron chi connectivity index (χ4n) is 6.90. The number of pyridine rings is 1. The summed E-state index contributed by atoms with van der Waals surface area (Å²) in [7, 11) is 0. The Morgan fingerprint density at radius 3 is 2.48 bits per heavy atom. The molecule has 0 spiro atoms. The van der Waals surface area contributed by atoms with Crippen LogP contribution in [0.25, 0.3) is 50.2 Å². The van der Waals surface area contributed by atoms with Crippen molar-refractivity contribution < 1.29 is 8.78 Å². The van der Waals surface area contributed by atoms with E-state index in [2.05, 4.69) is 43.8 Å². The van der Waals surface area contributed by atoms with Gasteiger partial charge in [0.15, 0.2) is 5.65 Å². The van der Waals surface area contributed by atoms with Gasteiger partial charge in [0.2, 0.25) is 0 Å². The summed E-state index contributed by atoms with van der Waals surface area (Å²) in [6.07, 6.45) is 7.75. The van der Waals surface area contributed by atoms with Crippen LogP contribution in [0.3, 0.4) is 0 Å². The van der Waals surface area contributed by atoms with Crippen LogP contribution in [0, 0.1) is 11.6 Å². The second-order valence-corrected chi connectivity index (χ2v) is 11.4. The molecule has 0 unspecified atom stereocenters. The molecule has 4 aromatic heterocycles. The number of hydrogen-bond acceptors (Lipinski definition) is 6. The lowest BCUT2D eigenvalue weighted by atomic mass is 9.99. The molecule has 210 valence electrons. The van der Waals surface area contributed by atoms with E-state index in [0.717, 1.165) is 47.1 Å². The van der Waals surface area contributed by atoms with E-state index in [9.17, 15) is 0 Å². The van der Waals surface area contributed by atoms with Crippen molar-refractivity contribution in [2.75, 3.05) is 18.0 Å². The molecule has 2 aliphatic rings. The second kappa shape index (κ2) is 9.42. The lowest BCUT2D eigenvalue weighted by Gasteiger charge is -2.37. The molecule has 0 saturated carbocycles. The highest BCUT2D eigenvalue weighted by Gasteiger charge is 2.44. The van der Waals surface area contributed by atoms with E-state index in [1.54, 1.807) is 35.4 Å². The third-order valence-corrected chi connectivity index (χ3v) is 8.79. The van der Waals surface area contributed by atoms with Crippen LogP contribution in [0.4, 0.5) is 14.5 Å². The van der Waals surface area contributed by atoms with Crippen LogP contribution in [-0.4, -0.2) is 65.9 Å². The number of H-pyrrole nitrogens is 1. The van der Waals surface area contributed by atoms with Crippen molar-refractivity contribution in [3.05, 3.63) is 85.0 Å². The number of nitrogens with zero attached hydrogens (tertiary/aromatic N) is 7. The molecule has 2 aromatic carbocycles. The molecule has 8 nitrogen and oxygen atoms in total. The monoisotopic (exact) mass is 562 g/mol. The van der Waals surface area contributed by atoms with E-state index in [4.69, 9.17) is 5.10 Å². The minimum absolute atomic E-state index is 0.129. The lowest BCUT2D eigenvalue weighted by Crippen LogP contribution is -2.49. The molecule has 8 rings (SSSR count).